The van der Waals surface area contributed by atoms with Gasteiger partial charge in [0.15, 0.2) is 0 Å². The summed E-state index contributed by atoms with van der Waals surface area (Å²) in [5.74, 6) is 0. The van der Waals surface area contributed by atoms with Crippen LogP contribution in [-0.4, -0.2) is 25.2 Å². The van der Waals surface area contributed by atoms with Gasteiger partial charge in [-0.15, -0.1) is 0 Å². The van der Waals surface area contributed by atoms with Crippen molar-refractivity contribution in [3.05, 3.63) is 0 Å². The van der Waals surface area contributed by atoms with Crippen LogP contribution in [0.3, 0.4) is 0 Å². The number of hydrogen-bond donors (Lipinski definition) is 2. The summed E-state index contributed by atoms with van der Waals surface area (Å²) in [4.78, 5) is 0. The van der Waals surface area contributed by atoms with Crippen molar-refractivity contribution in [1.29, 1.82) is 0 Å². The molecule has 0 aromatic heterocycles. The lowest BCUT2D eigenvalue weighted by Gasteiger charge is -2.43. The molecule has 1 heterocycles. The van der Waals surface area contributed by atoms with Gasteiger partial charge in [-0.1, -0.05) is 13.8 Å². The third kappa shape index (κ3) is 2.29. The zero-order chi connectivity index (χ0) is 10.1. The molecular weight excluding hydrogens is 172 g/mol. The average Bonchev–Trinajstić information content (AvgIpc) is 2.37. The molecule has 2 N–H and O–H groups in total. The maximum Gasteiger partial charge on any atom is 0.0306 e. The molecule has 2 rings (SSSR count). The van der Waals surface area contributed by atoms with Gasteiger partial charge in [0.2, 0.25) is 0 Å². The van der Waals surface area contributed by atoms with Gasteiger partial charge in [-0.3, -0.25) is 0 Å². The molecule has 14 heavy (non-hydrogen) atoms. The molecule has 0 aromatic rings. The molecule has 82 valence electrons. The number of rotatable bonds is 0. The van der Waals surface area contributed by atoms with Gasteiger partial charge in [-0.2, -0.15) is 0 Å². The molecule has 2 fully saturated rings. The highest BCUT2D eigenvalue weighted by atomic mass is 15.1. The third-order valence-electron chi connectivity index (χ3n) is 4.05. The van der Waals surface area contributed by atoms with E-state index >= 15 is 0 Å². The van der Waals surface area contributed by atoms with Crippen molar-refractivity contribution in [2.75, 3.05) is 19.6 Å². The summed E-state index contributed by atoms with van der Waals surface area (Å²) in [7, 11) is 0. The topological polar surface area (TPSA) is 24.1 Å². The van der Waals surface area contributed by atoms with Crippen molar-refractivity contribution < 1.29 is 0 Å². The Kier molecular flexibility index (Phi) is 2.85. The van der Waals surface area contributed by atoms with E-state index in [1.807, 2.05) is 0 Å². The highest BCUT2D eigenvalue weighted by Gasteiger charge is 2.37. The van der Waals surface area contributed by atoms with Crippen LogP contribution >= 0.6 is 0 Å². The van der Waals surface area contributed by atoms with Gasteiger partial charge >= 0.3 is 0 Å². The maximum atomic E-state index is 3.77. The summed E-state index contributed by atoms with van der Waals surface area (Å²) >= 11 is 0. The molecule has 2 nitrogen and oxygen atoms in total. The SMILES string of the molecule is CC1(C)CCC2(CC1)CNCCCN2. The van der Waals surface area contributed by atoms with Crippen molar-refractivity contribution in [2.24, 2.45) is 5.41 Å². The van der Waals surface area contributed by atoms with Gasteiger partial charge in [0.05, 0.1) is 0 Å². The third-order valence-corrected chi connectivity index (χ3v) is 4.05. The molecule has 0 aromatic carbocycles. The zero-order valence-corrected chi connectivity index (χ0v) is 9.66. The molecule has 0 atom stereocenters. The lowest BCUT2D eigenvalue weighted by atomic mass is 9.69. The van der Waals surface area contributed by atoms with Crippen LogP contribution in [0, 0.1) is 5.41 Å². The van der Waals surface area contributed by atoms with Crippen molar-refractivity contribution in [1.82, 2.24) is 10.6 Å². The monoisotopic (exact) mass is 196 g/mol. The number of nitrogens with one attached hydrogen (secondary N) is 2. The fraction of sp³-hybridized carbons (Fsp3) is 1.00. The summed E-state index contributed by atoms with van der Waals surface area (Å²) < 4.78 is 0. The Morgan fingerprint density at radius 2 is 1.64 bits per heavy atom. The molecule has 1 aliphatic carbocycles. The normalized spacial score (nSPS) is 31.3. The minimum Gasteiger partial charge on any atom is -0.315 e. The summed E-state index contributed by atoms with van der Waals surface area (Å²) in [6.45, 7) is 8.39. The van der Waals surface area contributed by atoms with Gasteiger partial charge in [0.25, 0.3) is 0 Å². The summed E-state index contributed by atoms with van der Waals surface area (Å²) in [5, 5.41) is 7.34. The first-order valence-electron chi connectivity index (χ1n) is 6.08. The molecule has 1 spiro atoms. The van der Waals surface area contributed by atoms with Crippen molar-refractivity contribution in [3.63, 3.8) is 0 Å². The smallest absolute Gasteiger partial charge is 0.0306 e. The fourth-order valence-electron chi connectivity index (χ4n) is 2.72. The lowest BCUT2D eigenvalue weighted by molar-refractivity contribution is 0.139. The minimum atomic E-state index is 0.437. The van der Waals surface area contributed by atoms with Crippen LogP contribution in [0.1, 0.15) is 46.0 Å². The van der Waals surface area contributed by atoms with E-state index in [1.165, 1.54) is 51.7 Å². The van der Waals surface area contributed by atoms with Crippen LogP contribution in [0.4, 0.5) is 0 Å². The van der Waals surface area contributed by atoms with E-state index in [9.17, 15) is 0 Å². The Hall–Kier alpha value is -0.0800. The van der Waals surface area contributed by atoms with E-state index in [2.05, 4.69) is 24.5 Å². The molecule has 0 radical (unpaired) electrons. The van der Waals surface area contributed by atoms with E-state index in [1.54, 1.807) is 0 Å². The van der Waals surface area contributed by atoms with Gasteiger partial charge in [0, 0.05) is 12.1 Å². The Bertz CT molecular complexity index is 178. The largest absolute Gasteiger partial charge is 0.315 e. The first-order chi connectivity index (χ1) is 6.62. The van der Waals surface area contributed by atoms with Gasteiger partial charge in [0.1, 0.15) is 0 Å². The Balaban J connectivity index is 1.96. The Morgan fingerprint density at radius 1 is 0.929 bits per heavy atom. The van der Waals surface area contributed by atoms with Crippen molar-refractivity contribution in [2.45, 2.75) is 51.5 Å². The van der Waals surface area contributed by atoms with Crippen molar-refractivity contribution >= 4 is 0 Å². The van der Waals surface area contributed by atoms with Gasteiger partial charge < -0.3 is 10.6 Å². The van der Waals surface area contributed by atoms with Crippen LogP contribution in [0.15, 0.2) is 0 Å². The van der Waals surface area contributed by atoms with E-state index < -0.39 is 0 Å². The average molecular weight is 196 g/mol. The number of hydrogen-bond acceptors (Lipinski definition) is 2. The maximum absolute atomic E-state index is 3.77. The fourth-order valence-corrected chi connectivity index (χ4v) is 2.72. The Morgan fingerprint density at radius 3 is 2.36 bits per heavy atom. The summed E-state index contributed by atoms with van der Waals surface area (Å²) in [6, 6.07) is 0. The molecule has 2 heteroatoms. The lowest BCUT2D eigenvalue weighted by Crippen LogP contribution is -2.53. The van der Waals surface area contributed by atoms with Crippen molar-refractivity contribution in [3.8, 4) is 0 Å². The predicted octanol–water partition coefficient (Wildman–Crippen LogP) is 1.91. The van der Waals surface area contributed by atoms with Crippen LogP contribution in [0.25, 0.3) is 0 Å². The molecule has 1 aliphatic heterocycles. The standard InChI is InChI=1S/C12H24N2/c1-11(2)4-6-12(7-5-11)10-13-8-3-9-14-12/h13-14H,3-10H2,1-2H3. The first kappa shape index (κ1) is 10.4. The minimum absolute atomic E-state index is 0.437. The molecule has 0 unspecified atom stereocenters. The van der Waals surface area contributed by atoms with Gasteiger partial charge in [-0.05, 0) is 50.6 Å². The predicted molar refractivity (Wildman–Crippen MR) is 60.5 cm³/mol. The van der Waals surface area contributed by atoms with E-state index in [0.717, 1.165) is 0 Å². The summed E-state index contributed by atoms with van der Waals surface area (Å²) in [6.07, 6.45) is 6.74. The van der Waals surface area contributed by atoms with Crippen LogP contribution < -0.4 is 10.6 Å². The molecular formula is C12H24N2. The van der Waals surface area contributed by atoms with Crippen LogP contribution in [0.5, 0.6) is 0 Å². The molecule has 1 saturated carbocycles. The van der Waals surface area contributed by atoms with Crippen LogP contribution in [0.2, 0.25) is 0 Å². The van der Waals surface area contributed by atoms with E-state index in [-0.39, 0.29) is 0 Å². The second kappa shape index (κ2) is 3.82. The highest BCUT2D eigenvalue weighted by molar-refractivity contribution is 4.97. The second-order valence-corrected chi connectivity index (χ2v) is 5.90. The molecule has 0 bridgehead atoms. The van der Waals surface area contributed by atoms with E-state index in [0.29, 0.717) is 11.0 Å². The van der Waals surface area contributed by atoms with Gasteiger partial charge in [-0.25, -0.2) is 0 Å². The first-order valence-corrected chi connectivity index (χ1v) is 6.08. The molecule has 1 saturated heterocycles. The highest BCUT2D eigenvalue weighted by Crippen LogP contribution is 2.40. The van der Waals surface area contributed by atoms with Crippen LogP contribution in [-0.2, 0) is 0 Å². The molecule has 0 amide bonds. The zero-order valence-electron chi connectivity index (χ0n) is 9.66. The second-order valence-electron chi connectivity index (χ2n) is 5.90. The Labute approximate surface area is 87.8 Å². The van der Waals surface area contributed by atoms with E-state index in [4.69, 9.17) is 0 Å². The molecule has 2 aliphatic rings. The summed E-state index contributed by atoms with van der Waals surface area (Å²) in [5.41, 5.74) is 1.02. The quantitative estimate of drug-likeness (QED) is 0.618.